The topological polar surface area (TPSA) is 31.6 Å². The van der Waals surface area contributed by atoms with Crippen LogP contribution in [0.4, 0.5) is 0 Å². The quantitative estimate of drug-likeness (QED) is 0.550. The van der Waals surface area contributed by atoms with Gasteiger partial charge in [0.25, 0.3) is 0 Å². The van der Waals surface area contributed by atoms with Crippen LogP contribution in [0.3, 0.4) is 0 Å². The number of hydrogen-bond donors (Lipinski definition) is 2. The minimum Gasteiger partial charge on any atom is -0.366 e. The molecule has 3 aromatic rings. The molecule has 1 aromatic carbocycles. The Labute approximate surface area is 89.3 Å². The van der Waals surface area contributed by atoms with Gasteiger partial charge in [-0.25, -0.2) is 0 Å². The molecule has 0 amide bonds. The summed E-state index contributed by atoms with van der Waals surface area (Å²) in [4.78, 5) is 6.45. The van der Waals surface area contributed by atoms with Gasteiger partial charge in [-0.1, -0.05) is 19.9 Å². The van der Waals surface area contributed by atoms with Crippen molar-refractivity contribution in [3.8, 4) is 0 Å². The second kappa shape index (κ2) is 3.81. The third-order valence-electron chi connectivity index (χ3n) is 2.48. The predicted octanol–water partition coefficient (Wildman–Crippen LogP) is 3.98. The van der Waals surface area contributed by atoms with E-state index in [1.54, 1.807) is 0 Å². The maximum absolute atomic E-state index is 3.33. The summed E-state index contributed by atoms with van der Waals surface area (Å²) in [6.45, 7) is 6.08. The highest BCUT2D eigenvalue weighted by atomic mass is 14.7. The molecule has 0 radical (unpaired) electrons. The number of aromatic amines is 2. The van der Waals surface area contributed by atoms with Crippen LogP contribution in [-0.4, -0.2) is 9.97 Å². The molecule has 0 bridgehead atoms. The van der Waals surface area contributed by atoms with Gasteiger partial charge in [-0.15, -0.1) is 0 Å². The summed E-state index contributed by atoms with van der Waals surface area (Å²) >= 11 is 0. The van der Waals surface area contributed by atoms with Crippen LogP contribution >= 0.6 is 0 Å². The lowest BCUT2D eigenvalue weighted by atomic mass is 10.1. The fraction of sp³-hybridized carbons (Fsp3) is 0.231. The van der Waals surface area contributed by atoms with E-state index in [1.165, 1.54) is 27.4 Å². The highest BCUT2D eigenvalue weighted by Crippen LogP contribution is 2.25. The van der Waals surface area contributed by atoms with Crippen molar-refractivity contribution in [2.45, 2.75) is 20.8 Å². The van der Waals surface area contributed by atoms with Crippen molar-refractivity contribution in [2.75, 3.05) is 0 Å². The molecule has 0 aliphatic rings. The van der Waals surface area contributed by atoms with E-state index in [9.17, 15) is 0 Å². The van der Waals surface area contributed by atoms with Gasteiger partial charge < -0.3 is 9.97 Å². The first-order valence-corrected chi connectivity index (χ1v) is 5.39. The number of hydrogen-bond acceptors (Lipinski definition) is 0. The maximum atomic E-state index is 3.33. The standard InChI is InChI=1S/C11H10N2.C2H6/c1-7-4-9-10-6-12-5-8(10)2-3-11(9)13-7;1-2/h2-6,12-13H,1H3;1-2H3. The zero-order valence-electron chi connectivity index (χ0n) is 9.39. The van der Waals surface area contributed by atoms with Crippen LogP contribution in [0.15, 0.2) is 30.6 Å². The average molecular weight is 200 g/mol. The molecule has 78 valence electrons. The number of H-pyrrole nitrogens is 2. The lowest BCUT2D eigenvalue weighted by Gasteiger charge is -1.90. The van der Waals surface area contributed by atoms with Crippen LogP contribution in [0.25, 0.3) is 21.7 Å². The van der Waals surface area contributed by atoms with E-state index < -0.39 is 0 Å². The fourth-order valence-electron chi connectivity index (χ4n) is 1.88. The van der Waals surface area contributed by atoms with Crippen molar-refractivity contribution in [1.82, 2.24) is 9.97 Å². The van der Waals surface area contributed by atoms with E-state index in [-0.39, 0.29) is 0 Å². The number of benzene rings is 1. The minimum atomic E-state index is 1.21. The van der Waals surface area contributed by atoms with E-state index in [1.807, 2.05) is 26.2 Å². The first kappa shape index (κ1) is 9.84. The zero-order chi connectivity index (χ0) is 10.8. The molecule has 15 heavy (non-hydrogen) atoms. The van der Waals surface area contributed by atoms with Gasteiger partial charge in [0.05, 0.1) is 0 Å². The summed E-state index contributed by atoms with van der Waals surface area (Å²) in [5.41, 5.74) is 2.42. The molecule has 2 N–H and O–H groups in total. The van der Waals surface area contributed by atoms with E-state index >= 15 is 0 Å². The Hall–Kier alpha value is -1.70. The van der Waals surface area contributed by atoms with Gasteiger partial charge >= 0.3 is 0 Å². The Kier molecular flexibility index (Phi) is 2.50. The number of nitrogens with one attached hydrogen (secondary N) is 2. The van der Waals surface area contributed by atoms with E-state index in [2.05, 4.69) is 35.1 Å². The lowest BCUT2D eigenvalue weighted by Crippen LogP contribution is -1.68. The van der Waals surface area contributed by atoms with Crippen LogP contribution in [0.5, 0.6) is 0 Å². The van der Waals surface area contributed by atoms with Gasteiger partial charge in [-0.05, 0) is 24.4 Å². The van der Waals surface area contributed by atoms with E-state index in [0.717, 1.165) is 0 Å². The fourth-order valence-corrected chi connectivity index (χ4v) is 1.88. The molecule has 0 saturated carbocycles. The Bertz CT molecular complexity index is 572. The summed E-state index contributed by atoms with van der Waals surface area (Å²) in [7, 11) is 0. The molecule has 0 atom stereocenters. The smallest absolute Gasteiger partial charge is 0.0463 e. The molecular formula is C13H16N2. The van der Waals surface area contributed by atoms with Gasteiger partial charge in [0.1, 0.15) is 0 Å². The van der Waals surface area contributed by atoms with E-state index in [0.29, 0.717) is 0 Å². The summed E-state index contributed by atoms with van der Waals surface area (Å²) < 4.78 is 0. The number of fused-ring (bicyclic) bond motifs is 3. The van der Waals surface area contributed by atoms with Gasteiger partial charge in [0, 0.05) is 34.4 Å². The Morgan fingerprint density at radius 2 is 1.80 bits per heavy atom. The number of aryl methyl sites for hydroxylation is 1. The van der Waals surface area contributed by atoms with Crippen molar-refractivity contribution in [3.05, 3.63) is 36.3 Å². The highest BCUT2D eigenvalue weighted by Gasteiger charge is 2.02. The molecule has 3 rings (SSSR count). The van der Waals surface area contributed by atoms with Gasteiger partial charge in [0.2, 0.25) is 0 Å². The molecule has 2 heterocycles. The maximum Gasteiger partial charge on any atom is 0.0463 e. The van der Waals surface area contributed by atoms with E-state index in [4.69, 9.17) is 0 Å². The van der Waals surface area contributed by atoms with Crippen LogP contribution in [-0.2, 0) is 0 Å². The van der Waals surface area contributed by atoms with Crippen LogP contribution < -0.4 is 0 Å². The molecule has 0 fully saturated rings. The summed E-state index contributed by atoms with van der Waals surface area (Å²) in [5.74, 6) is 0. The third kappa shape index (κ3) is 1.52. The Morgan fingerprint density at radius 3 is 2.60 bits per heavy atom. The third-order valence-corrected chi connectivity index (χ3v) is 2.48. The molecular weight excluding hydrogens is 184 g/mol. The first-order valence-electron chi connectivity index (χ1n) is 5.39. The largest absolute Gasteiger partial charge is 0.366 e. The molecule has 0 spiro atoms. The zero-order valence-corrected chi connectivity index (χ0v) is 9.39. The van der Waals surface area contributed by atoms with Crippen LogP contribution in [0, 0.1) is 6.92 Å². The molecule has 2 heteroatoms. The van der Waals surface area contributed by atoms with Crippen molar-refractivity contribution in [1.29, 1.82) is 0 Å². The molecule has 0 saturated heterocycles. The van der Waals surface area contributed by atoms with Crippen molar-refractivity contribution in [2.24, 2.45) is 0 Å². The predicted molar refractivity (Wildman–Crippen MR) is 66.2 cm³/mol. The Balaban J connectivity index is 0.000000404. The summed E-state index contributed by atoms with van der Waals surface area (Å²) in [5, 5.41) is 3.87. The molecule has 2 nitrogen and oxygen atoms in total. The minimum absolute atomic E-state index is 1.21. The van der Waals surface area contributed by atoms with Crippen LogP contribution in [0.2, 0.25) is 0 Å². The second-order valence-electron chi connectivity index (χ2n) is 3.44. The SMILES string of the molecule is CC.Cc1cc2c(ccc3c[nH]cc32)[nH]1. The summed E-state index contributed by atoms with van der Waals surface area (Å²) in [6, 6.07) is 6.44. The molecule has 0 unspecified atom stereocenters. The number of rotatable bonds is 0. The molecule has 2 aromatic heterocycles. The lowest BCUT2D eigenvalue weighted by molar-refractivity contribution is 1.30. The first-order chi connectivity index (χ1) is 7.34. The second-order valence-corrected chi connectivity index (χ2v) is 3.44. The van der Waals surface area contributed by atoms with Crippen molar-refractivity contribution < 1.29 is 0 Å². The van der Waals surface area contributed by atoms with Gasteiger partial charge in [0.15, 0.2) is 0 Å². The average Bonchev–Trinajstić information content (AvgIpc) is 2.84. The normalized spacial score (nSPS) is 10.3. The highest BCUT2D eigenvalue weighted by molar-refractivity contribution is 6.06. The van der Waals surface area contributed by atoms with Gasteiger partial charge in [-0.2, -0.15) is 0 Å². The molecule has 0 aliphatic heterocycles. The molecule has 0 aliphatic carbocycles. The van der Waals surface area contributed by atoms with Crippen LogP contribution in [0.1, 0.15) is 19.5 Å². The Morgan fingerprint density at radius 1 is 1.00 bits per heavy atom. The number of aromatic nitrogens is 2. The van der Waals surface area contributed by atoms with Crippen molar-refractivity contribution in [3.63, 3.8) is 0 Å². The van der Waals surface area contributed by atoms with Crippen molar-refractivity contribution >= 4 is 21.7 Å². The monoisotopic (exact) mass is 200 g/mol. The summed E-state index contributed by atoms with van der Waals surface area (Å²) in [6.07, 6.45) is 4.07. The van der Waals surface area contributed by atoms with Gasteiger partial charge in [-0.3, -0.25) is 0 Å².